The third kappa shape index (κ3) is 5.66. The van der Waals surface area contributed by atoms with E-state index >= 15 is 0 Å². The predicted molar refractivity (Wildman–Crippen MR) is 134 cm³/mol. The zero-order valence-corrected chi connectivity index (χ0v) is 20.2. The summed E-state index contributed by atoms with van der Waals surface area (Å²) in [5.74, 6) is -1.16. The molecule has 0 heterocycles. The number of aryl methyl sites for hydroxylation is 2. The average molecular weight is 511 g/mol. The highest BCUT2D eigenvalue weighted by Gasteiger charge is 2.40. The number of halogens is 3. The van der Waals surface area contributed by atoms with Crippen LogP contribution in [0.4, 0.5) is 29.3 Å². The Labute approximate surface area is 211 Å². The number of hydrogen-bond acceptors (Lipinski definition) is 3. The lowest BCUT2D eigenvalue weighted by molar-refractivity contribution is -0.139. The highest BCUT2D eigenvalue weighted by Crippen LogP contribution is 2.40. The van der Waals surface area contributed by atoms with E-state index in [4.69, 9.17) is 0 Å². The first kappa shape index (κ1) is 25.9. The number of carbonyl (C=O) groups is 3. The van der Waals surface area contributed by atoms with E-state index in [1.54, 1.807) is 25.1 Å². The Morgan fingerprint density at radius 2 is 1.65 bits per heavy atom. The minimum Gasteiger partial charge on any atom is -0.481 e. The number of aliphatic carboxylic acids is 1. The van der Waals surface area contributed by atoms with E-state index in [9.17, 15) is 32.7 Å². The van der Waals surface area contributed by atoms with Crippen LogP contribution in [0.2, 0.25) is 0 Å². The summed E-state index contributed by atoms with van der Waals surface area (Å²) in [5.41, 5.74) is 2.72. The van der Waals surface area contributed by atoms with E-state index < -0.39 is 29.2 Å². The van der Waals surface area contributed by atoms with Gasteiger partial charge in [-0.1, -0.05) is 37.3 Å². The van der Waals surface area contributed by atoms with Gasteiger partial charge in [-0.2, -0.15) is 13.2 Å². The molecule has 9 heteroatoms. The van der Waals surface area contributed by atoms with Crippen molar-refractivity contribution in [1.29, 1.82) is 0 Å². The van der Waals surface area contributed by atoms with Gasteiger partial charge in [0.25, 0.3) is 0 Å². The van der Waals surface area contributed by atoms with E-state index in [0.29, 0.717) is 24.1 Å². The van der Waals surface area contributed by atoms with Crippen molar-refractivity contribution in [2.45, 2.75) is 39.3 Å². The Hall–Kier alpha value is -4.14. The monoisotopic (exact) mass is 510 g/mol. The Morgan fingerprint density at radius 1 is 0.973 bits per heavy atom. The maximum absolute atomic E-state index is 13.0. The van der Waals surface area contributed by atoms with Crippen LogP contribution in [0.15, 0.2) is 60.7 Å². The Kier molecular flexibility index (Phi) is 6.82. The van der Waals surface area contributed by atoms with Crippen LogP contribution in [0.25, 0.3) is 11.1 Å². The second kappa shape index (κ2) is 9.72. The van der Waals surface area contributed by atoms with Gasteiger partial charge in [0, 0.05) is 22.4 Å². The maximum atomic E-state index is 13.0. The number of rotatable bonds is 5. The lowest BCUT2D eigenvalue weighted by Gasteiger charge is -2.32. The molecule has 3 aromatic rings. The predicted octanol–water partition coefficient (Wildman–Crippen LogP) is 6.93. The molecule has 6 nitrogen and oxygen atoms in total. The van der Waals surface area contributed by atoms with Gasteiger partial charge in [-0.25, -0.2) is 4.79 Å². The zero-order valence-electron chi connectivity index (χ0n) is 20.2. The van der Waals surface area contributed by atoms with Gasteiger partial charge in [0.05, 0.1) is 12.0 Å². The average Bonchev–Trinajstić information content (AvgIpc) is 2.81. The molecule has 3 aromatic carbocycles. The van der Waals surface area contributed by atoms with Crippen LogP contribution >= 0.6 is 0 Å². The van der Waals surface area contributed by atoms with E-state index in [1.807, 2.05) is 25.1 Å². The molecule has 0 saturated heterocycles. The molecule has 2 amide bonds. The molecule has 0 fully saturated rings. The van der Waals surface area contributed by atoms with Crippen molar-refractivity contribution in [3.05, 3.63) is 82.9 Å². The zero-order chi connectivity index (χ0) is 27.0. The highest BCUT2D eigenvalue weighted by molar-refractivity contribution is 6.04. The fourth-order valence-electron chi connectivity index (χ4n) is 4.67. The number of fused-ring (bicyclic) bond motifs is 1. The number of ketones is 1. The number of hydrogen-bond donors (Lipinski definition) is 3. The first-order valence-electron chi connectivity index (χ1n) is 11.6. The summed E-state index contributed by atoms with van der Waals surface area (Å²) in [5, 5.41) is 14.2. The molecule has 0 aromatic heterocycles. The molecule has 37 heavy (non-hydrogen) atoms. The summed E-state index contributed by atoms with van der Waals surface area (Å²) >= 11 is 0. The number of alkyl halides is 3. The number of amides is 2. The van der Waals surface area contributed by atoms with Crippen molar-refractivity contribution in [3.8, 4) is 11.1 Å². The number of carboxylic acids is 1. The molecule has 4 rings (SSSR count). The quantitative estimate of drug-likeness (QED) is 0.347. The molecule has 0 aliphatic heterocycles. The summed E-state index contributed by atoms with van der Waals surface area (Å²) in [6.45, 7) is 3.55. The van der Waals surface area contributed by atoms with Gasteiger partial charge in [0.15, 0.2) is 5.78 Å². The smallest absolute Gasteiger partial charge is 0.416 e. The molecular formula is C28H25F3N2O4. The van der Waals surface area contributed by atoms with Gasteiger partial charge in [0.1, 0.15) is 0 Å². The van der Waals surface area contributed by atoms with Crippen molar-refractivity contribution in [2.24, 2.45) is 5.41 Å². The standard InChI is InChI=1S/C28H25F3N2O4/c1-16-12-21(33-26(37)32-20-5-3-4-19(14-20)28(29,30)31)7-9-22(16)17-6-8-23-18(13-17)10-11-27(2,25(23)36)15-24(34)35/h3-9,12-14H,10-11,15H2,1-2H3,(H,34,35)(H2,32,33,37). The number of nitrogens with one attached hydrogen (secondary N) is 2. The third-order valence-electron chi connectivity index (χ3n) is 6.63. The minimum absolute atomic E-state index is 0.0173. The summed E-state index contributed by atoms with van der Waals surface area (Å²) in [4.78, 5) is 36.5. The molecule has 0 saturated carbocycles. The number of benzene rings is 3. The Morgan fingerprint density at radius 3 is 2.30 bits per heavy atom. The first-order valence-corrected chi connectivity index (χ1v) is 11.6. The van der Waals surface area contributed by atoms with Crippen LogP contribution in [0, 0.1) is 12.3 Å². The van der Waals surface area contributed by atoms with Crippen LogP contribution in [-0.2, 0) is 17.4 Å². The number of carboxylic acid groups (broad SMARTS) is 1. The number of urea groups is 1. The van der Waals surface area contributed by atoms with Gasteiger partial charge in [-0.15, -0.1) is 0 Å². The third-order valence-corrected chi connectivity index (χ3v) is 6.63. The maximum Gasteiger partial charge on any atom is 0.416 e. The van der Waals surface area contributed by atoms with E-state index in [1.165, 1.54) is 12.1 Å². The second-order valence-corrected chi connectivity index (χ2v) is 9.52. The van der Waals surface area contributed by atoms with Crippen molar-refractivity contribution in [1.82, 2.24) is 0 Å². The fraction of sp³-hybridized carbons (Fsp3) is 0.250. The second-order valence-electron chi connectivity index (χ2n) is 9.52. The van der Waals surface area contributed by atoms with Crippen LogP contribution in [0.5, 0.6) is 0 Å². The number of anilines is 2. The largest absolute Gasteiger partial charge is 0.481 e. The first-order chi connectivity index (χ1) is 17.4. The van der Waals surface area contributed by atoms with E-state index in [2.05, 4.69) is 10.6 Å². The molecule has 192 valence electrons. The van der Waals surface area contributed by atoms with Crippen molar-refractivity contribution < 1.29 is 32.7 Å². The summed E-state index contributed by atoms with van der Waals surface area (Å²) in [6, 6.07) is 14.4. The van der Waals surface area contributed by atoms with Crippen LogP contribution in [0.3, 0.4) is 0 Å². The van der Waals surface area contributed by atoms with E-state index in [0.717, 1.165) is 34.4 Å². The van der Waals surface area contributed by atoms with Gasteiger partial charge < -0.3 is 15.7 Å². The fourth-order valence-corrected chi connectivity index (χ4v) is 4.67. The Balaban J connectivity index is 1.48. The van der Waals surface area contributed by atoms with Gasteiger partial charge in [0.2, 0.25) is 0 Å². The molecule has 1 aliphatic carbocycles. The molecule has 0 radical (unpaired) electrons. The normalized spacial score (nSPS) is 17.2. The van der Waals surface area contributed by atoms with Crippen LogP contribution in [0.1, 0.15) is 46.8 Å². The molecular weight excluding hydrogens is 485 g/mol. The summed E-state index contributed by atoms with van der Waals surface area (Å²) in [6.07, 6.45) is -3.67. The van der Waals surface area contributed by atoms with Gasteiger partial charge >= 0.3 is 18.2 Å². The van der Waals surface area contributed by atoms with Gasteiger partial charge in [-0.3, -0.25) is 9.59 Å². The highest BCUT2D eigenvalue weighted by atomic mass is 19.4. The summed E-state index contributed by atoms with van der Waals surface area (Å²) in [7, 11) is 0. The van der Waals surface area contributed by atoms with Crippen LogP contribution in [-0.4, -0.2) is 22.9 Å². The summed E-state index contributed by atoms with van der Waals surface area (Å²) < 4.78 is 38.7. The lowest BCUT2D eigenvalue weighted by Crippen LogP contribution is -2.35. The van der Waals surface area contributed by atoms with E-state index in [-0.39, 0.29) is 17.9 Å². The Bertz CT molecular complexity index is 1400. The minimum atomic E-state index is -4.51. The molecule has 1 aliphatic rings. The number of Topliss-reactive ketones (excluding diaryl/α,β-unsaturated/α-hetero) is 1. The van der Waals surface area contributed by atoms with Gasteiger partial charge in [-0.05, 0) is 72.4 Å². The topological polar surface area (TPSA) is 95.5 Å². The van der Waals surface area contributed by atoms with Crippen molar-refractivity contribution in [2.75, 3.05) is 10.6 Å². The molecule has 0 bridgehead atoms. The van der Waals surface area contributed by atoms with Crippen LogP contribution < -0.4 is 10.6 Å². The molecule has 0 spiro atoms. The molecule has 1 unspecified atom stereocenters. The van der Waals surface area contributed by atoms with Crippen molar-refractivity contribution in [3.63, 3.8) is 0 Å². The number of carbonyl (C=O) groups excluding carboxylic acids is 2. The molecule has 1 atom stereocenters. The lowest BCUT2D eigenvalue weighted by atomic mass is 9.69. The van der Waals surface area contributed by atoms with Crippen molar-refractivity contribution >= 4 is 29.2 Å². The SMILES string of the molecule is Cc1cc(NC(=O)Nc2cccc(C(F)(F)F)c2)ccc1-c1ccc2c(c1)CCC(C)(CC(=O)O)C2=O. The molecule has 3 N–H and O–H groups in total.